The predicted octanol–water partition coefficient (Wildman–Crippen LogP) is 4.62. The van der Waals surface area contributed by atoms with Crippen molar-refractivity contribution in [3.8, 4) is 0 Å². The van der Waals surface area contributed by atoms with E-state index < -0.39 is 5.60 Å². The normalized spacial score (nSPS) is 20.3. The lowest BCUT2D eigenvalue weighted by molar-refractivity contribution is 0.0242. The van der Waals surface area contributed by atoms with Crippen LogP contribution >= 0.6 is 0 Å². The topological polar surface area (TPSA) is 38.8 Å². The summed E-state index contributed by atoms with van der Waals surface area (Å²) in [5.74, 6) is 0.694. The van der Waals surface area contributed by atoms with Gasteiger partial charge in [-0.25, -0.2) is 4.79 Å². The smallest absolute Gasteiger partial charge is 0.410 e. The molecule has 2 heterocycles. The second-order valence-corrected chi connectivity index (χ2v) is 8.37. The van der Waals surface area contributed by atoms with Gasteiger partial charge >= 0.3 is 6.09 Å². The molecular weight excluding hydrogens is 314 g/mol. The summed E-state index contributed by atoms with van der Waals surface area (Å²) in [6, 6.07) is 4.67. The zero-order valence-electron chi connectivity index (χ0n) is 15.4. The number of ether oxygens (including phenoxy) is 2. The number of fused-ring (bicyclic) bond motifs is 1. The quantitative estimate of drug-likeness (QED) is 0.788. The number of hydrogen-bond donors (Lipinski definition) is 0. The van der Waals surface area contributed by atoms with Crippen molar-refractivity contribution in [2.45, 2.75) is 64.6 Å². The highest BCUT2D eigenvalue weighted by Crippen LogP contribution is 2.45. The molecule has 4 heteroatoms. The molecule has 1 aliphatic carbocycles. The third kappa shape index (κ3) is 3.59. The van der Waals surface area contributed by atoms with Crippen molar-refractivity contribution in [3.05, 3.63) is 40.5 Å². The summed E-state index contributed by atoms with van der Waals surface area (Å²) in [7, 11) is 0. The zero-order chi connectivity index (χ0) is 17.6. The molecule has 25 heavy (non-hydrogen) atoms. The van der Waals surface area contributed by atoms with Crippen LogP contribution in [0.4, 0.5) is 4.79 Å². The van der Waals surface area contributed by atoms with E-state index in [-0.39, 0.29) is 6.09 Å². The fraction of sp³-hybridized carbons (Fsp3) is 0.571. The number of nitrogens with zero attached hydrogens (tertiary/aromatic N) is 1. The van der Waals surface area contributed by atoms with Gasteiger partial charge in [0.25, 0.3) is 0 Å². The van der Waals surface area contributed by atoms with Crippen LogP contribution in [-0.4, -0.2) is 29.8 Å². The van der Waals surface area contributed by atoms with Crippen LogP contribution in [0.15, 0.2) is 18.2 Å². The molecular formula is C21H27NO3. The molecule has 2 aliphatic heterocycles. The summed E-state index contributed by atoms with van der Waals surface area (Å²) in [5.41, 5.74) is 6.35. The molecule has 1 aromatic rings. The van der Waals surface area contributed by atoms with Crippen molar-refractivity contribution in [2.24, 2.45) is 0 Å². The molecule has 0 atom stereocenters. The van der Waals surface area contributed by atoms with E-state index in [4.69, 9.17) is 9.47 Å². The first-order chi connectivity index (χ1) is 11.9. The first kappa shape index (κ1) is 16.6. The van der Waals surface area contributed by atoms with E-state index in [2.05, 4.69) is 18.2 Å². The minimum Gasteiger partial charge on any atom is -0.444 e. The Balaban J connectivity index is 1.61. The van der Waals surface area contributed by atoms with Gasteiger partial charge < -0.3 is 9.47 Å². The van der Waals surface area contributed by atoms with Crippen molar-refractivity contribution >= 4 is 11.7 Å². The average molecular weight is 341 g/mol. The van der Waals surface area contributed by atoms with E-state index in [1.165, 1.54) is 40.7 Å². The molecule has 0 saturated heterocycles. The van der Waals surface area contributed by atoms with Crippen molar-refractivity contribution < 1.29 is 14.3 Å². The molecule has 0 aromatic heterocycles. The molecule has 1 amide bonds. The van der Waals surface area contributed by atoms with Crippen LogP contribution in [0.5, 0.6) is 0 Å². The van der Waals surface area contributed by atoms with Gasteiger partial charge in [0.05, 0.1) is 13.2 Å². The van der Waals surface area contributed by atoms with Crippen LogP contribution in [-0.2, 0) is 22.6 Å². The molecule has 4 nitrogen and oxygen atoms in total. The van der Waals surface area contributed by atoms with E-state index in [9.17, 15) is 4.79 Å². The fourth-order valence-electron chi connectivity index (χ4n) is 3.71. The van der Waals surface area contributed by atoms with Crippen LogP contribution in [0.1, 0.15) is 68.2 Å². The van der Waals surface area contributed by atoms with E-state index >= 15 is 0 Å². The summed E-state index contributed by atoms with van der Waals surface area (Å²) < 4.78 is 11.0. The molecule has 0 spiro atoms. The molecule has 0 N–H and O–H groups in total. The molecule has 1 fully saturated rings. The molecule has 134 valence electrons. The third-order valence-electron chi connectivity index (χ3n) is 5.07. The Hall–Kier alpha value is -1.81. The Bertz CT molecular complexity index is 725. The highest BCUT2D eigenvalue weighted by atomic mass is 16.6. The van der Waals surface area contributed by atoms with Gasteiger partial charge in [-0.1, -0.05) is 12.1 Å². The molecule has 0 radical (unpaired) electrons. The number of rotatable bonds is 2. The van der Waals surface area contributed by atoms with Gasteiger partial charge in [0, 0.05) is 13.1 Å². The Morgan fingerprint density at radius 3 is 2.52 bits per heavy atom. The van der Waals surface area contributed by atoms with E-state index in [1.807, 2.05) is 25.7 Å². The number of benzene rings is 1. The Kier molecular flexibility index (Phi) is 4.11. The highest BCUT2D eigenvalue weighted by molar-refractivity contribution is 5.73. The fourth-order valence-corrected chi connectivity index (χ4v) is 3.71. The summed E-state index contributed by atoms with van der Waals surface area (Å²) in [6.07, 6.45) is 5.55. The van der Waals surface area contributed by atoms with Crippen LogP contribution < -0.4 is 0 Å². The molecule has 0 unspecified atom stereocenters. The van der Waals surface area contributed by atoms with E-state index in [0.717, 1.165) is 13.0 Å². The lowest BCUT2D eigenvalue weighted by Crippen LogP contribution is -2.33. The predicted molar refractivity (Wildman–Crippen MR) is 97.3 cm³/mol. The average Bonchev–Trinajstić information content (AvgIpc) is 3.32. The van der Waals surface area contributed by atoms with Crippen LogP contribution in [0, 0.1) is 0 Å². The van der Waals surface area contributed by atoms with Crippen molar-refractivity contribution in [1.29, 1.82) is 0 Å². The third-order valence-corrected chi connectivity index (χ3v) is 5.07. The minimum absolute atomic E-state index is 0.219. The zero-order valence-corrected chi connectivity index (χ0v) is 15.4. The standard InChI is InChI=1S/C21H27NO3/c1-21(2,3)25-20(23)22-12-16-10-18(14-4-5-14)19(11-17(16)13-22)15-6-8-24-9-7-15/h6,10-11,14H,4-5,7-9,12-13H2,1-3H3. The maximum absolute atomic E-state index is 12.4. The van der Waals surface area contributed by atoms with Gasteiger partial charge in [-0.2, -0.15) is 0 Å². The van der Waals surface area contributed by atoms with Crippen molar-refractivity contribution in [2.75, 3.05) is 13.2 Å². The number of hydrogen-bond acceptors (Lipinski definition) is 3. The van der Waals surface area contributed by atoms with Gasteiger partial charge in [0.1, 0.15) is 5.60 Å². The van der Waals surface area contributed by atoms with Crippen molar-refractivity contribution in [3.63, 3.8) is 0 Å². The van der Waals surface area contributed by atoms with E-state index in [1.54, 1.807) is 0 Å². The first-order valence-corrected chi connectivity index (χ1v) is 9.31. The van der Waals surface area contributed by atoms with Crippen molar-refractivity contribution in [1.82, 2.24) is 4.90 Å². The van der Waals surface area contributed by atoms with Gasteiger partial charge in [-0.15, -0.1) is 0 Å². The largest absolute Gasteiger partial charge is 0.444 e. The molecule has 0 bridgehead atoms. The lowest BCUT2D eigenvalue weighted by Gasteiger charge is -2.24. The minimum atomic E-state index is -0.455. The molecule has 1 aromatic carbocycles. The second kappa shape index (κ2) is 6.17. The molecule has 4 rings (SSSR count). The first-order valence-electron chi connectivity index (χ1n) is 9.31. The Morgan fingerprint density at radius 2 is 1.92 bits per heavy atom. The summed E-state index contributed by atoms with van der Waals surface area (Å²) in [5, 5.41) is 0. The monoisotopic (exact) mass is 341 g/mol. The SMILES string of the molecule is CC(C)(C)OC(=O)N1Cc2cc(C3=CCOCC3)c(C3CC3)cc2C1. The van der Waals surface area contributed by atoms with Crippen LogP contribution in [0.25, 0.3) is 5.57 Å². The Morgan fingerprint density at radius 1 is 1.20 bits per heavy atom. The number of carbonyl (C=O) groups excluding carboxylic acids is 1. The van der Waals surface area contributed by atoms with E-state index in [0.29, 0.717) is 25.6 Å². The second-order valence-electron chi connectivity index (χ2n) is 8.37. The summed E-state index contributed by atoms with van der Waals surface area (Å²) >= 11 is 0. The molecule has 1 saturated carbocycles. The van der Waals surface area contributed by atoms with Gasteiger partial charge in [-0.05, 0) is 79.8 Å². The Labute approximate surface area is 149 Å². The molecule has 3 aliphatic rings. The summed E-state index contributed by atoms with van der Waals surface area (Å²) in [6.45, 7) is 8.55. The van der Waals surface area contributed by atoms with Gasteiger partial charge in [-0.3, -0.25) is 4.90 Å². The number of carbonyl (C=O) groups is 1. The lowest BCUT2D eigenvalue weighted by atomic mass is 9.90. The maximum atomic E-state index is 12.4. The van der Waals surface area contributed by atoms with Gasteiger partial charge in [0.15, 0.2) is 0 Å². The highest BCUT2D eigenvalue weighted by Gasteiger charge is 2.32. The number of amides is 1. The van der Waals surface area contributed by atoms with Crippen LogP contribution in [0.2, 0.25) is 0 Å². The summed E-state index contributed by atoms with van der Waals surface area (Å²) in [4.78, 5) is 14.2. The van der Waals surface area contributed by atoms with Gasteiger partial charge in [0.2, 0.25) is 0 Å². The van der Waals surface area contributed by atoms with Crippen LogP contribution in [0.3, 0.4) is 0 Å². The maximum Gasteiger partial charge on any atom is 0.410 e.